The third-order valence-electron chi connectivity index (χ3n) is 6.10. The SMILES string of the molecule is COC1CC(CCC(O)CC(=O)CCC2CCCCC2)CCC1O. The van der Waals surface area contributed by atoms with Gasteiger partial charge in [-0.15, -0.1) is 0 Å². The monoisotopic (exact) mass is 340 g/mol. The topological polar surface area (TPSA) is 66.8 Å². The fourth-order valence-electron chi connectivity index (χ4n) is 4.45. The lowest BCUT2D eigenvalue weighted by Gasteiger charge is -2.32. The summed E-state index contributed by atoms with van der Waals surface area (Å²) in [7, 11) is 1.65. The van der Waals surface area contributed by atoms with E-state index in [1.807, 2.05) is 0 Å². The summed E-state index contributed by atoms with van der Waals surface area (Å²) in [5.74, 6) is 1.45. The lowest BCUT2D eigenvalue weighted by atomic mass is 9.82. The molecule has 0 radical (unpaired) electrons. The summed E-state index contributed by atoms with van der Waals surface area (Å²) in [6.07, 6.45) is 11.8. The molecule has 0 amide bonds. The molecule has 4 atom stereocenters. The van der Waals surface area contributed by atoms with Gasteiger partial charge in [0.15, 0.2) is 0 Å². The molecule has 0 bridgehead atoms. The molecule has 2 fully saturated rings. The Labute approximate surface area is 147 Å². The minimum atomic E-state index is -0.503. The Morgan fingerprint density at radius 2 is 1.83 bits per heavy atom. The number of hydrogen-bond donors (Lipinski definition) is 2. The summed E-state index contributed by atoms with van der Waals surface area (Å²) in [5, 5.41) is 20.0. The number of aliphatic hydroxyl groups is 2. The Balaban J connectivity index is 1.58. The molecule has 0 saturated heterocycles. The molecule has 0 aromatic carbocycles. The quantitative estimate of drug-likeness (QED) is 0.673. The maximum Gasteiger partial charge on any atom is 0.135 e. The molecule has 2 aliphatic rings. The summed E-state index contributed by atoms with van der Waals surface area (Å²) in [4.78, 5) is 12.1. The van der Waals surface area contributed by atoms with E-state index in [1.54, 1.807) is 7.11 Å². The lowest BCUT2D eigenvalue weighted by Crippen LogP contribution is -2.35. The van der Waals surface area contributed by atoms with Crippen molar-refractivity contribution in [3.05, 3.63) is 0 Å². The Bertz CT molecular complexity index is 365. The number of carbonyl (C=O) groups excluding carboxylic acids is 1. The largest absolute Gasteiger partial charge is 0.393 e. The second-order valence-electron chi connectivity index (χ2n) is 8.04. The van der Waals surface area contributed by atoms with Crippen molar-refractivity contribution in [3.63, 3.8) is 0 Å². The summed E-state index contributed by atoms with van der Waals surface area (Å²) in [5.41, 5.74) is 0. The van der Waals surface area contributed by atoms with Crippen LogP contribution in [0.1, 0.15) is 83.5 Å². The molecule has 140 valence electrons. The molecule has 4 nitrogen and oxygen atoms in total. The molecule has 4 unspecified atom stereocenters. The predicted octanol–water partition coefficient (Wildman–Crippen LogP) is 3.62. The predicted molar refractivity (Wildman–Crippen MR) is 94.8 cm³/mol. The third kappa shape index (κ3) is 6.81. The molecule has 24 heavy (non-hydrogen) atoms. The zero-order valence-corrected chi connectivity index (χ0v) is 15.3. The summed E-state index contributed by atoms with van der Waals surface area (Å²) < 4.78 is 5.33. The Kier molecular flexibility index (Phi) is 8.71. The van der Waals surface area contributed by atoms with Crippen molar-refractivity contribution < 1.29 is 19.7 Å². The standard InChI is InChI=1S/C20H36O4/c1-24-20-13-16(9-12-19(20)23)8-11-18(22)14-17(21)10-7-15-5-3-2-4-6-15/h15-16,18-20,22-23H,2-14H2,1H3. The van der Waals surface area contributed by atoms with E-state index in [-0.39, 0.29) is 18.0 Å². The average Bonchev–Trinajstić information content (AvgIpc) is 2.60. The number of aliphatic hydroxyl groups excluding tert-OH is 2. The Hall–Kier alpha value is -0.450. The van der Waals surface area contributed by atoms with E-state index in [9.17, 15) is 15.0 Å². The number of ether oxygens (including phenoxy) is 1. The molecular formula is C20H36O4. The van der Waals surface area contributed by atoms with Gasteiger partial charge in [0.2, 0.25) is 0 Å². The van der Waals surface area contributed by atoms with Crippen LogP contribution in [0.25, 0.3) is 0 Å². The highest BCUT2D eigenvalue weighted by Gasteiger charge is 2.29. The minimum Gasteiger partial charge on any atom is -0.393 e. The van der Waals surface area contributed by atoms with Gasteiger partial charge in [0.25, 0.3) is 0 Å². The van der Waals surface area contributed by atoms with Crippen LogP contribution < -0.4 is 0 Å². The van der Waals surface area contributed by atoms with Crippen molar-refractivity contribution in [2.24, 2.45) is 11.8 Å². The van der Waals surface area contributed by atoms with Gasteiger partial charge in [-0.2, -0.15) is 0 Å². The van der Waals surface area contributed by atoms with E-state index >= 15 is 0 Å². The number of ketones is 1. The van der Waals surface area contributed by atoms with Crippen LogP contribution in [-0.4, -0.2) is 41.4 Å². The second-order valence-corrected chi connectivity index (χ2v) is 8.04. The second kappa shape index (κ2) is 10.5. The molecule has 0 aromatic heterocycles. The van der Waals surface area contributed by atoms with Crippen LogP contribution in [0.5, 0.6) is 0 Å². The first-order chi connectivity index (χ1) is 11.6. The third-order valence-corrected chi connectivity index (χ3v) is 6.10. The molecule has 0 spiro atoms. The van der Waals surface area contributed by atoms with E-state index in [2.05, 4.69) is 0 Å². The molecule has 0 heterocycles. The van der Waals surface area contributed by atoms with Gasteiger partial charge < -0.3 is 14.9 Å². The maximum absolute atomic E-state index is 12.1. The number of methoxy groups -OCH3 is 1. The van der Waals surface area contributed by atoms with Crippen LogP contribution in [-0.2, 0) is 9.53 Å². The van der Waals surface area contributed by atoms with Crippen molar-refractivity contribution in [1.29, 1.82) is 0 Å². The van der Waals surface area contributed by atoms with Gasteiger partial charge in [-0.25, -0.2) is 0 Å². The van der Waals surface area contributed by atoms with Gasteiger partial charge in [0.05, 0.1) is 18.3 Å². The van der Waals surface area contributed by atoms with Crippen molar-refractivity contribution in [3.8, 4) is 0 Å². The fraction of sp³-hybridized carbons (Fsp3) is 0.950. The molecule has 4 heteroatoms. The van der Waals surface area contributed by atoms with Gasteiger partial charge in [-0.1, -0.05) is 32.1 Å². The van der Waals surface area contributed by atoms with Gasteiger partial charge in [-0.3, -0.25) is 4.79 Å². The molecule has 2 N–H and O–H groups in total. The average molecular weight is 341 g/mol. The number of carbonyl (C=O) groups is 1. The number of hydrogen-bond acceptors (Lipinski definition) is 4. The van der Waals surface area contributed by atoms with Gasteiger partial charge in [0, 0.05) is 20.0 Å². The van der Waals surface area contributed by atoms with Crippen LogP contribution in [0.4, 0.5) is 0 Å². The highest BCUT2D eigenvalue weighted by molar-refractivity contribution is 5.78. The van der Waals surface area contributed by atoms with Crippen molar-refractivity contribution in [1.82, 2.24) is 0 Å². The Morgan fingerprint density at radius 3 is 2.54 bits per heavy atom. The fourth-order valence-corrected chi connectivity index (χ4v) is 4.45. The van der Waals surface area contributed by atoms with Crippen molar-refractivity contribution in [2.75, 3.05) is 7.11 Å². The van der Waals surface area contributed by atoms with E-state index < -0.39 is 6.10 Å². The van der Waals surface area contributed by atoms with Crippen LogP contribution in [0, 0.1) is 11.8 Å². The summed E-state index contributed by atoms with van der Waals surface area (Å²) >= 11 is 0. The normalized spacial score (nSPS) is 30.2. The lowest BCUT2D eigenvalue weighted by molar-refractivity contribution is -0.121. The highest BCUT2D eigenvalue weighted by Crippen LogP contribution is 2.31. The molecule has 2 saturated carbocycles. The first-order valence-corrected chi connectivity index (χ1v) is 9.99. The Morgan fingerprint density at radius 1 is 1.08 bits per heavy atom. The van der Waals surface area contributed by atoms with E-state index in [0.29, 0.717) is 25.2 Å². The van der Waals surface area contributed by atoms with E-state index in [0.717, 1.165) is 38.0 Å². The summed E-state index contributed by atoms with van der Waals surface area (Å²) in [6, 6.07) is 0. The molecular weight excluding hydrogens is 304 g/mol. The van der Waals surface area contributed by atoms with Gasteiger partial charge in [0.1, 0.15) is 5.78 Å². The van der Waals surface area contributed by atoms with E-state index in [1.165, 1.54) is 32.1 Å². The van der Waals surface area contributed by atoms with Gasteiger partial charge >= 0.3 is 0 Å². The van der Waals surface area contributed by atoms with Crippen LogP contribution in [0.3, 0.4) is 0 Å². The first-order valence-electron chi connectivity index (χ1n) is 9.99. The molecule has 2 rings (SSSR count). The molecule has 0 aromatic rings. The number of rotatable bonds is 9. The smallest absolute Gasteiger partial charge is 0.135 e. The van der Waals surface area contributed by atoms with Crippen molar-refractivity contribution in [2.45, 2.75) is 102 Å². The first kappa shape index (κ1) is 19.9. The van der Waals surface area contributed by atoms with Crippen LogP contribution >= 0.6 is 0 Å². The highest BCUT2D eigenvalue weighted by atomic mass is 16.5. The zero-order valence-electron chi connectivity index (χ0n) is 15.3. The summed E-state index contributed by atoms with van der Waals surface area (Å²) in [6.45, 7) is 0. The van der Waals surface area contributed by atoms with Crippen LogP contribution in [0.2, 0.25) is 0 Å². The van der Waals surface area contributed by atoms with Crippen molar-refractivity contribution >= 4 is 5.78 Å². The molecule has 2 aliphatic carbocycles. The zero-order chi connectivity index (χ0) is 17.4. The minimum absolute atomic E-state index is 0.0713. The van der Waals surface area contributed by atoms with Gasteiger partial charge in [-0.05, 0) is 50.4 Å². The van der Waals surface area contributed by atoms with Crippen LogP contribution in [0.15, 0.2) is 0 Å². The maximum atomic E-state index is 12.1. The number of Topliss-reactive ketones (excluding diaryl/α,β-unsaturated/α-hetero) is 1. The molecule has 0 aliphatic heterocycles. The van der Waals surface area contributed by atoms with E-state index in [4.69, 9.17) is 4.74 Å².